The van der Waals surface area contributed by atoms with Gasteiger partial charge in [0.2, 0.25) is 11.8 Å². The van der Waals surface area contributed by atoms with Crippen molar-refractivity contribution in [3.8, 4) is 33.6 Å². The smallest absolute Gasteiger partial charge is 0.408 e. The number of aromatic amines is 2. The molecule has 3 aliphatic heterocycles. The predicted octanol–water partition coefficient (Wildman–Crippen LogP) is 10.0. The molecular formula is C53H59N7O6S. The van der Waals surface area contributed by atoms with Crippen LogP contribution in [0.2, 0.25) is 0 Å². The number of benzene rings is 4. The summed E-state index contributed by atoms with van der Waals surface area (Å²) < 4.78 is 10.4. The molecule has 9 rings (SSSR count). The molecule has 348 valence electrons. The molecule has 4 N–H and O–H groups in total. The van der Waals surface area contributed by atoms with E-state index in [2.05, 4.69) is 93.4 Å². The molecule has 0 radical (unpaired) electrons. The Morgan fingerprint density at radius 3 is 2.07 bits per heavy atom. The Labute approximate surface area is 395 Å². The van der Waals surface area contributed by atoms with E-state index in [1.807, 2.05) is 71.9 Å². The van der Waals surface area contributed by atoms with E-state index >= 15 is 0 Å². The van der Waals surface area contributed by atoms with Crippen molar-refractivity contribution >= 4 is 46.5 Å². The lowest BCUT2D eigenvalue weighted by Gasteiger charge is -2.34. The average Bonchev–Trinajstić information content (AvgIpc) is 4.22. The zero-order valence-electron chi connectivity index (χ0n) is 38.3. The molecule has 3 saturated heterocycles. The number of alkyl carbamates (subject to hydrolysis) is 2. The number of nitrogens with one attached hydrogen (secondary N) is 4. The maximum atomic E-state index is 14.4. The van der Waals surface area contributed by atoms with Gasteiger partial charge in [0.25, 0.3) is 0 Å². The number of fused-ring (bicyclic) bond motifs is 1. The molecule has 3 fully saturated rings. The van der Waals surface area contributed by atoms with Crippen molar-refractivity contribution in [3.05, 3.63) is 126 Å². The van der Waals surface area contributed by atoms with Crippen molar-refractivity contribution < 1.29 is 28.7 Å². The Morgan fingerprint density at radius 1 is 0.701 bits per heavy atom. The average molecular weight is 922 g/mol. The van der Waals surface area contributed by atoms with E-state index in [1.165, 1.54) is 7.11 Å². The van der Waals surface area contributed by atoms with Gasteiger partial charge >= 0.3 is 12.2 Å². The highest BCUT2D eigenvalue weighted by molar-refractivity contribution is 7.99. The van der Waals surface area contributed by atoms with Crippen LogP contribution in [0.1, 0.15) is 81.5 Å². The number of carbonyl (C=O) groups excluding carboxylic acids is 4. The molecule has 2 aromatic heterocycles. The summed E-state index contributed by atoms with van der Waals surface area (Å²) in [5, 5.41) is 7.93. The Bertz CT molecular complexity index is 2690. The quantitative estimate of drug-likeness (QED) is 0.0890. The highest BCUT2D eigenvalue weighted by Crippen LogP contribution is 2.37. The number of ether oxygens (including phenoxy) is 2. The van der Waals surface area contributed by atoms with Crippen molar-refractivity contribution in [2.24, 2.45) is 11.8 Å². The van der Waals surface area contributed by atoms with Crippen LogP contribution in [-0.4, -0.2) is 92.5 Å². The highest BCUT2D eigenvalue weighted by Gasteiger charge is 2.40. The second-order valence-corrected chi connectivity index (χ2v) is 19.5. The lowest BCUT2D eigenvalue weighted by molar-refractivity contribution is -0.136. The number of H-pyrrole nitrogens is 2. The summed E-state index contributed by atoms with van der Waals surface area (Å²) in [5.41, 5.74) is 8.02. The topological polar surface area (TPSA) is 162 Å². The van der Waals surface area contributed by atoms with E-state index < -0.39 is 24.3 Å². The molecular weight excluding hydrogens is 863 g/mol. The minimum atomic E-state index is -0.688. The summed E-state index contributed by atoms with van der Waals surface area (Å²) in [6.07, 6.45) is 5.78. The molecule has 0 saturated carbocycles. The van der Waals surface area contributed by atoms with Crippen molar-refractivity contribution in [3.63, 3.8) is 0 Å². The minimum Gasteiger partial charge on any atom is -0.453 e. The summed E-state index contributed by atoms with van der Waals surface area (Å²) >= 11 is 1.90. The molecule has 6 aromatic rings. The third kappa shape index (κ3) is 10.2. The number of likely N-dealkylation sites (tertiary alicyclic amines) is 2. The Morgan fingerprint density at radius 2 is 1.36 bits per heavy atom. The largest absolute Gasteiger partial charge is 0.453 e. The molecule has 67 heavy (non-hydrogen) atoms. The lowest BCUT2D eigenvalue weighted by atomic mass is 9.92. The Balaban J connectivity index is 0.850. The molecule has 0 spiro atoms. The molecule has 5 heterocycles. The van der Waals surface area contributed by atoms with E-state index in [0.717, 1.165) is 112 Å². The van der Waals surface area contributed by atoms with Gasteiger partial charge in [-0.1, -0.05) is 92.7 Å². The van der Waals surface area contributed by atoms with Gasteiger partial charge in [-0.3, -0.25) is 9.59 Å². The van der Waals surface area contributed by atoms with E-state index in [1.54, 1.807) is 0 Å². The summed E-state index contributed by atoms with van der Waals surface area (Å²) in [6, 6.07) is 33.5. The first-order valence-corrected chi connectivity index (χ1v) is 24.7. The number of nitrogens with zero attached hydrogens (tertiary/aromatic N) is 3. The highest BCUT2D eigenvalue weighted by atomic mass is 32.2. The van der Waals surface area contributed by atoms with Crippen LogP contribution < -0.4 is 10.6 Å². The SMILES string of the molecule is COC(=O)N[C@H](C(=O)N1CCC[C@H]1c1ncc(-c2ccc3cc(-c4ccc(-c5ccc([C@@H]6CCCN6C(=O)[C@H](NC(=O)OCc6ccccc6)C6CCSCC6)[nH]5)cc4)ccc3c2)[nH]1)C(C)C. The van der Waals surface area contributed by atoms with E-state index in [0.29, 0.717) is 13.1 Å². The fraction of sp³-hybridized carbons (Fsp3) is 0.377. The Kier molecular flexibility index (Phi) is 14.0. The first kappa shape index (κ1) is 45.6. The van der Waals surface area contributed by atoms with Crippen LogP contribution >= 0.6 is 11.8 Å². The zero-order chi connectivity index (χ0) is 46.4. The summed E-state index contributed by atoms with van der Waals surface area (Å²) in [4.78, 5) is 68.8. The first-order chi connectivity index (χ1) is 32.6. The van der Waals surface area contributed by atoms with Crippen molar-refractivity contribution in [2.45, 2.75) is 83.1 Å². The number of imidazole rings is 1. The minimum absolute atomic E-state index is 0.0347. The second kappa shape index (κ2) is 20.5. The molecule has 0 unspecified atom stereocenters. The number of aromatic nitrogens is 3. The number of thioether (sulfide) groups is 1. The summed E-state index contributed by atoms with van der Waals surface area (Å²) in [7, 11) is 1.30. The molecule has 14 heteroatoms. The number of hydrogen-bond acceptors (Lipinski definition) is 8. The molecule has 4 aromatic carbocycles. The van der Waals surface area contributed by atoms with Gasteiger partial charge in [0, 0.05) is 30.0 Å². The maximum Gasteiger partial charge on any atom is 0.408 e. The summed E-state index contributed by atoms with van der Waals surface area (Å²) in [5.74, 6) is 2.47. The molecule has 4 atom stereocenters. The van der Waals surface area contributed by atoms with Crippen molar-refractivity contribution in [1.29, 1.82) is 0 Å². The standard InChI is InChI=1S/C53H59N7O6S/c1-33(2)47(57-52(63)65-3)50(61)60-26-8-12-46(60)49-54-31-44(56-49)41-20-19-39-29-38(17-18-40(39)30-41)35-13-15-36(16-14-35)42-21-22-43(55-42)45-11-7-25-59(45)51(62)48(37-23-27-67-28-24-37)58-53(64)66-32-34-9-5-4-6-10-34/h4-6,9-10,13-22,29-31,33,37,45-48,55H,7-8,11-12,23-28,32H2,1-3H3,(H,54,56)(H,57,63)(H,58,64)/t45-,46-,47-,48+/m0/s1. The van der Waals surface area contributed by atoms with Gasteiger partial charge in [-0.2, -0.15) is 11.8 Å². The number of methoxy groups -OCH3 is 1. The molecule has 4 amide bonds. The zero-order valence-corrected chi connectivity index (χ0v) is 39.2. The molecule has 13 nitrogen and oxygen atoms in total. The number of amides is 4. The van der Waals surface area contributed by atoms with Gasteiger partial charge in [-0.05, 0) is 119 Å². The van der Waals surface area contributed by atoms with Gasteiger partial charge in [0.1, 0.15) is 24.5 Å². The predicted molar refractivity (Wildman–Crippen MR) is 262 cm³/mol. The van der Waals surface area contributed by atoms with Crippen LogP contribution in [0.3, 0.4) is 0 Å². The van der Waals surface area contributed by atoms with Crippen LogP contribution in [0.4, 0.5) is 9.59 Å². The third-order valence-corrected chi connectivity index (χ3v) is 14.7. The van der Waals surface area contributed by atoms with Crippen LogP contribution in [-0.2, 0) is 25.7 Å². The van der Waals surface area contributed by atoms with Crippen molar-refractivity contribution in [1.82, 2.24) is 35.4 Å². The van der Waals surface area contributed by atoms with Gasteiger partial charge in [0.15, 0.2) is 0 Å². The Hall–Kier alpha value is -6.54. The normalized spacial score (nSPS) is 18.5. The molecule has 0 bridgehead atoms. The van der Waals surface area contributed by atoms with Crippen LogP contribution in [0.15, 0.2) is 109 Å². The van der Waals surface area contributed by atoms with Crippen LogP contribution in [0.25, 0.3) is 44.4 Å². The number of carbonyl (C=O) groups is 4. The van der Waals surface area contributed by atoms with Gasteiger partial charge < -0.3 is 39.9 Å². The van der Waals surface area contributed by atoms with Crippen molar-refractivity contribution in [2.75, 3.05) is 31.7 Å². The maximum absolute atomic E-state index is 14.4. The third-order valence-electron chi connectivity index (χ3n) is 13.6. The molecule has 0 aliphatic carbocycles. The van der Waals surface area contributed by atoms with Gasteiger partial charge in [-0.15, -0.1) is 0 Å². The first-order valence-electron chi connectivity index (χ1n) is 23.5. The lowest BCUT2D eigenvalue weighted by Crippen LogP contribution is -2.53. The second-order valence-electron chi connectivity index (χ2n) is 18.2. The monoisotopic (exact) mass is 921 g/mol. The van der Waals surface area contributed by atoms with Gasteiger partial charge in [0.05, 0.1) is 31.1 Å². The number of rotatable bonds is 13. The number of hydrogen-bond donors (Lipinski definition) is 4. The van der Waals surface area contributed by atoms with E-state index in [4.69, 9.17) is 14.5 Å². The summed E-state index contributed by atoms with van der Waals surface area (Å²) in [6.45, 7) is 5.21. The van der Waals surface area contributed by atoms with Crippen LogP contribution in [0.5, 0.6) is 0 Å². The van der Waals surface area contributed by atoms with Gasteiger partial charge in [-0.25, -0.2) is 14.6 Å². The van der Waals surface area contributed by atoms with E-state index in [9.17, 15) is 19.2 Å². The molecule has 3 aliphatic rings. The van der Waals surface area contributed by atoms with Crippen LogP contribution in [0, 0.1) is 11.8 Å². The fourth-order valence-electron chi connectivity index (χ4n) is 9.91. The fourth-order valence-corrected chi connectivity index (χ4v) is 11.1. The van der Waals surface area contributed by atoms with E-state index in [-0.39, 0.29) is 42.3 Å².